The number of nitrogens with one attached hydrogen (secondary N) is 1. The quantitative estimate of drug-likeness (QED) is 0.870. The number of hydrogen-bond acceptors (Lipinski definition) is 4. The number of nitrogens with zero attached hydrogens (tertiary/aromatic N) is 2. The van der Waals surface area contributed by atoms with Gasteiger partial charge in [-0.25, -0.2) is 14.4 Å². The van der Waals surface area contributed by atoms with Gasteiger partial charge in [0.25, 0.3) is 0 Å². The van der Waals surface area contributed by atoms with E-state index in [0.717, 1.165) is 28.7 Å². The van der Waals surface area contributed by atoms with Crippen molar-refractivity contribution in [2.45, 2.75) is 26.7 Å². The SMILES string of the molecule is COc1ncc(-c2cc(F)cc(/C(C)=C3\CCCNC3=O)c2C)cn1. The number of allylic oxidation sites excluding steroid dienone is 1. The topological polar surface area (TPSA) is 64.1 Å². The molecule has 0 spiro atoms. The third-order valence-corrected chi connectivity index (χ3v) is 4.51. The second kappa shape index (κ2) is 7.01. The highest BCUT2D eigenvalue weighted by Crippen LogP contribution is 2.33. The first-order chi connectivity index (χ1) is 12.0. The Morgan fingerprint density at radius 3 is 2.64 bits per heavy atom. The van der Waals surface area contributed by atoms with Crippen LogP contribution in [0.4, 0.5) is 4.39 Å². The van der Waals surface area contributed by atoms with E-state index in [0.29, 0.717) is 24.1 Å². The van der Waals surface area contributed by atoms with Gasteiger partial charge in [0.1, 0.15) is 5.82 Å². The van der Waals surface area contributed by atoms with Gasteiger partial charge < -0.3 is 10.1 Å². The molecule has 6 heteroatoms. The van der Waals surface area contributed by atoms with Crippen molar-refractivity contribution in [3.63, 3.8) is 0 Å². The zero-order valence-electron chi connectivity index (χ0n) is 14.5. The number of halogens is 1. The minimum absolute atomic E-state index is 0.0678. The Morgan fingerprint density at radius 1 is 1.28 bits per heavy atom. The van der Waals surface area contributed by atoms with Crippen LogP contribution in [0.3, 0.4) is 0 Å². The minimum Gasteiger partial charge on any atom is -0.467 e. The van der Waals surface area contributed by atoms with E-state index in [1.165, 1.54) is 19.2 Å². The smallest absolute Gasteiger partial charge is 0.316 e. The van der Waals surface area contributed by atoms with E-state index in [4.69, 9.17) is 4.74 Å². The van der Waals surface area contributed by atoms with Crippen LogP contribution in [0.25, 0.3) is 16.7 Å². The minimum atomic E-state index is -0.359. The molecule has 0 saturated carbocycles. The largest absolute Gasteiger partial charge is 0.467 e. The zero-order chi connectivity index (χ0) is 18.0. The number of amides is 1. The lowest BCUT2D eigenvalue weighted by Crippen LogP contribution is -2.31. The summed E-state index contributed by atoms with van der Waals surface area (Å²) in [6.45, 7) is 4.47. The molecule has 1 N–H and O–H groups in total. The molecule has 1 aromatic heterocycles. The highest BCUT2D eigenvalue weighted by atomic mass is 19.1. The average molecular weight is 341 g/mol. The number of carbonyl (C=O) groups excluding carboxylic acids is 1. The maximum Gasteiger partial charge on any atom is 0.316 e. The predicted molar refractivity (Wildman–Crippen MR) is 93.6 cm³/mol. The number of hydrogen-bond donors (Lipinski definition) is 1. The number of benzene rings is 1. The normalized spacial score (nSPS) is 16.4. The molecule has 130 valence electrons. The van der Waals surface area contributed by atoms with E-state index in [-0.39, 0.29) is 17.7 Å². The van der Waals surface area contributed by atoms with Gasteiger partial charge in [-0.3, -0.25) is 4.79 Å². The van der Waals surface area contributed by atoms with Gasteiger partial charge in [-0.2, -0.15) is 0 Å². The van der Waals surface area contributed by atoms with Gasteiger partial charge in [-0.15, -0.1) is 0 Å². The summed E-state index contributed by atoms with van der Waals surface area (Å²) in [4.78, 5) is 20.3. The van der Waals surface area contributed by atoms with Crippen LogP contribution in [0.5, 0.6) is 6.01 Å². The van der Waals surface area contributed by atoms with E-state index in [2.05, 4.69) is 15.3 Å². The monoisotopic (exact) mass is 341 g/mol. The van der Waals surface area contributed by atoms with Crippen molar-refractivity contribution < 1.29 is 13.9 Å². The van der Waals surface area contributed by atoms with Gasteiger partial charge in [0.2, 0.25) is 5.91 Å². The number of piperidine rings is 1. The number of carbonyl (C=O) groups is 1. The van der Waals surface area contributed by atoms with E-state index in [1.54, 1.807) is 12.4 Å². The molecular weight excluding hydrogens is 321 g/mol. The molecule has 0 aliphatic carbocycles. The lowest BCUT2D eigenvalue weighted by molar-refractivity contribution is -0.118. The first-order valence-corrected chi connectivity index (χ1v) is 8.16. The summed E-state index contributed by atoms with van der Waals surface area (Å²) in [6.07, 6.45) is 4.81. The number of aromatic nitrogens is 2. The van der Waals surface area contributed by atoms with Crippen molar-refractivity contribution in [2.75, 3.05) is 13.7 Å². The van der Waals surface area contributed by atoms with Crippen LogP contribution in [-0.2, 0) is 4.79 Å². The maximum absolute atomic E-state index is 14.3. The molecule has 2 heterocycles. The van der Waals surface area contributed by atoms with Crippen LogP contribution < -0.4 is 10.1 Å². The van der Waals surface area contributed by atoms with E-state index in [9.17, 15) is 9.18 Å². The van der Waals surface area contributed by atoms with Crippen molar-refractivity contribution in [3.05, 3.63) is 47.0 Å². The predicted octanol–water partition coefficient (Wildman–Crippen LogP) is 3.28. The first kappa shape index (κ1) is 17.1. The fraction of sp³-hybridized carbons (Fsp3) is 0.316. The summed E-state index contributed by atoms with van der Waals surface area (Å²) in [5.41, 5.74) is 4.55. The Bertz CT molecular complexity index is 844. The number of ether oxygens (including phenoxy) is 1. The lowest BCUT2D eigenvalue weighted by atomic mass is 9.89. The highest BCUT2D eigenvalue weighted by Gasteiger charge is 2.20. The van der Waals surface area contributed by atoms with E-state index in [1.807, 2.05) is 13.8 Å². The molecule has 3 rings (SSSR count). The molecule has 1 amide bonds. The summed E-state index contributed by atoms with van der Waals surface area (Å²) in [7, 11) is 1.49. The number of methoxy groups -OCH3 is 1. The van der Waals surface area contributed by atoms with Crippen LogP contribution in [-0.4, -0.2) is 29.5 Å². The standard InChI is InChI=1S/C19H20FN3O2/c1-11(15-5-4-6-21-18(15)24)16-7-14(20)8-17(12(16)2)13-9-22-19(25-3)23-10-13/h7-10H,4-6H2,1-3H3,(H,21,24)/b15-11+. The fourth-order valence-electron chi connectivity index (χ4n) is 3.14. The molecule has 0 unspecified atom stereocenters. The van der Waals surface area contributed by atoms with E-state index >= 15 is 0 Å². The zero-order valence-corrected chi connectivity index (χ0v) is 14.5. The summed E-state index contributed by atoms with van der Waals surface area (Å²) in [5, 5.41) is 2.85. The molecule has 25 heavy (non-hydrogen) atoms. The molecule has 0 bridgehead atoms. The van der Waals surface area contributed by atoms with Gasteiger partial charge in [-0.05, 0) is 61.1 Å². The van der Waals surface area contributed by atoms with Gasteiger partial charge in [0.05, 0.1) is 7.11 Å². The summed E-state index contributed by atoms with van der Waals surface area (Å²) in [6, 6.07) is 3.20. The molecule has 2 aromatic rings. The molecule has 1 fully saturated rings. The summed E-state index contributed by atoms with van der Waals surface area (Å²) >= 11 is 0. The molecule has 1 saturated heterocycles. The second-order valence-corrected chi connectivity index (χ2v) is 6.05. The summed E-state index contributed by atoms with van der Waals surface area (Å²) < 4.78 is 19.2. The van der Waals surface area contributed by atoms with Gasteiger partial charge >= 0.3 is 6.01 Å². The summed E-state index contributed by atoms with van der Waals surface area (Å²) in [5.74, 6) is -0.427. The molecule has 0 radical (unpaired) electrons. The van der Waals surface area contributed by atoms with Crippen LogP contribution in [0, 0.1) is 12.7 Å². The average Bonchev–Trinajstić information content (AvgIpc) is 2.63. The Labute approximate surface area is 146 Å². The Balaban J connectivity index is 2.11. The Kier molecular flexibility index (Phi) is 4.79. The number of rotatable bonds is 3. The third-order valence-electron chi connectivity index (χ3n) is 4.51. The van der Waals surface area contributed by atoms with Crippen molar-refractivity contribution >= 4 is 11.5 Å². The molecule has 1 aromatic carbocycles. The van der Waals surface area contributed by atoms with Crippen molar-refractivity contribution in [3.8, 4) is 17.1 Å². The first-order valence-electron chi connectivity index (χ1n) is 8.16. The van der Waals surface area contributed by atoms with Crippen molar-refractivity contribution in [1.82, 2.24) is 15.3 Å². The van der Waals surface area contributed by atoms with Gasteiger partial charge in [0.15, 0.2) is 0 Å². The van der Waals surface area contributed by atoms with Gasteiger partial charge in [0, 0.05) is 30.1 Å². The Hall–Kier alpha value is -2.76. The fourth-order valence-corrected chi connectivity index (χ4v) is 3.14. The van der Waals surface area contributed by atoms with Crippen LogP contribution in [0.15, 0.2) is 30.1 Å². The van der Waals surface area contributed by atoms with E-state index < -0.39 is 0 Å². The Morgan fingerprint density at radius 2 is 2.00 bits per heavy atom. The third kappa shape index (κ3) is 3.38. The molecule has 5 nitrogen and oxygen atoms in total. The lowest BCUT2D eigenvalue weighted by Gasteiger charge is -2.20. The molecule has 0 atom stereocenters. The second-order valence-electron chi connectivity index (χ2n) is 6.05. The molecule has 1 aliphatic heterocycles. The van der Waals surface area contributed by atoms with Crippen LogP contribution >= 0.6 is 0 Å². The maximum atomic E-state index is 14.3. The van der Waals surface area contributed by atoms with Gasteiger partial charge in [-0.1, -0.05) is 0 Å². The highest BCUT2D eigenvalue weighted by molar-refractivity contribution is 6.02. The van der Waals surface area contributed by atoms with Crippen molar-refractivity contribution in [2.24, 2.45) is 0 Å². The van der Waals surface area contributed by atoms with Crippen LogP contribution in [0.1, 0.15) is 30.9 Å². The van der Waals surface area contributed by atoms with Crippen LogP contribution in [0.2, 0.25) is 0 Å². The van der Waals surface area contributed by atoms with Crippen molar-refractivity contribution in [1.29, 1.82) is 0 Å². The molecular formula is C19H20FN3O2. The molecule has 1 aliphatic rings.